The second-order valence-electron chi connectivity index (χ2n) is 4.45. The highest BCUT2D eigenvalue weighted by Gasteiger charge is 2.30. The molecule has 1 atom stereocenters. The molecule has 6 heteroatoms. The summed E-state index contributed by atoms with van der Waals surface area (Å²) in [6, 6.07) is 4.78. The number of anilines is 1. The van der Waals surface area contributed by atoms with E-state index < -0.39 is 9.84 Å². The molecule has 1 aliphatic rings. The van der Waals surface area contributed by atoms with Gasteiger partial charge >= 0.3 is 0 Å². The number of carbonyl (C=O) groups excluding carboxylic acids is 1. The van der Waals surface area contributed by atoms with Crippen LogP contribution in [-0.2, 0) is 9.84 Å². The molecular weight excluding hydrogens is 254 g/mol. The fourth-order valence-corrected chi connectivity index (χ4v) is 3.55. The van der Waals surface area contributed by atoms with Crippen molar-refractivity contribution in [2.24, 2.45) is 0 Å². The van der Waals surface area contributed by atoms with Gasteiger partial charge in [-0.25, -0.2) is 8.42 Å². The molecule has 5 nitrogen and oxygen atoms in total. The maximum atomic E-state index is 11.5. The smallest absolute Gasteiger partial charge is 0.163 e. The van der Waals surface area contributed by atoms with Crippen LogP contribution in [0.2, 0.25) is 0 Å². The van der Waals surface area contributed by atoms with E-state index in [-0.39, 0.29) is 23.4 Å². The third kappa shape index (κ3) is 2.81. The highest BCUT2D eigenvalue weighted by atomic mass is 32.2. The van der Waals surface area contributed by atoms with Crippen molar-refractivity contribution in [3.05, 3.63) is 23.8 Å². The van der Waals surface area contributed by atoms with E-state index in [4.69, 9.17) is 10.5 Å². The van der Waals surface area contributed by atoms with Gasteiger partial charge in [-0.3, -0.25) is 4.79 Å². The third-order valence-corrected chi connectivity index (χ3v) is 4.60. The van der Waals surface area contributed by atoms with Crippen molar-refractivity contribution in [2.75, 3.05) is 17.2 Å². The van der Waals surface area contributed by atoms with Gasteiger partial charge in [0.1, 0.15) is 11.9 Å². The Morgan fingerprint density at radius 2 is 2.17 bits per heavy atom. The van der Waals surface area contributed by atoms with Gasteiger partial charge in [0.05, 0.1) is 17.1 Å². The lowest BCUT2D eigenvalue weighted by atomic mass is 10.1. The number of hydrogen-bond donors (Lipinski definition) is 1. The van der Waals surface area contributed by atoms with E-state index in [9.17, 15) is 13.2 Å². The van der Waals surface area contributed by atoms with Crippen LogP contribution in [0.25, 0.3) is 0 Å². The van der Waals surface area contributed by atoms with Gasteiger partial charge in [-0.2, -0.15) is 0 Å². The fourth-order valence-electron chi connectivity index (χ4n) is 1.96. The molecule has 18 heavy (non-hydrogen) atoms. The molecule has 0 radical (unpaired) electrons. The summed E-state index contributed by atoms with van der Waals surface area (Å²) < 4.78 is 28.3. The molecule has 0 saturated carbocycles. The molecule has 1 aromatic carbocycles. The molecule has 1 saturated heterocycles. The number of benzene rings is 1. The average Bonchev–Trinajstić information content (AvgIpc) is 2.60. The van der Waals surface area contributed by atoms with Gasteiger partial charge < -0.3 is 10.5 Å². The number of carbonyl (C=O) groups is 1. The summed E-state index contributed by atoms with van der Waals surface area (Å²) in [5.74, 6) is 0.397. The minimum Gasteiger partial charge on any atom is -0.489 e. The largest absolute Gasteiger partial charge is 0.489 e. The summed E-state index contributed by atoms with van der Waals surface area (Å²) >= 11 is 0. The summed E-state index contributed by atoms with van der Waals surface area (Å²) in [5, 5.41) is 0. The SMILES string of the molecule is CC(=O)c1cc(N)ccc1OC1CCS(=O)(=O)C1. The second-order valence-corrected chi connectivity index (χ2v) is 6.68. The van der Waals surface area contributed by atoms with Gasteiger partial charge in [-0.15, -0.1) is 0 Å². The molecule has 1 aromatic rings. The molecule has 2 rings (SSSR count). The minimum absolute atomic E-state index is 0.00865. The van der Waals surface area contributed by atoms with Crippen molar-refractivity contribution in [3.8, 4) is 5.75 Å². The molecule has 0 amide bonds. The summed E-state index contributed by atoms with van der Waals surface area (Å²) in [7, 11) is -2.99. The third-order valence-electron chi connectivity index (χ3n) is 2.87. The quantitative estimate of drug-likeness (QED) is 0.654. The van der Waals surface area contributed by atoms with Gasteiger partial charge in [0, 0.05) is 5.69 Å². The first kappa shape index (κ1) is 12.9. The van der Waals surface area contributed by atoms with E-state index in [0.29, 0.717) is 23.4 Å². The number of hydrogen-bond acceptors (Lipinski definition) is 5. The topological polar surface area (TPSA) is 86.5 Å². The Kier molecular flexibility index (Phi) is 3.30. The fraction of sp³-hybridized carbons (Fsp3) is 0.417. The first-order chi connectivity index (χ1) is 8.37. The molecule has 0 aliphatic carbocycles. The monoisotopic (exact) mass is 269 g/mol. The maximum Gasteiger partial charge on any atom is 0.163 e. The van der Waals surface area contributed by atoms with E-state index >= 15 is 0 Å². The molecule has 1 fully saturated rings. The number of sulfone groups is 1. The van der Waals surface area contributed by atoms with Gasteiger partial charge in [0.2, 0.25) is 0 Å². The Labute approximate surface area is 106 Å². The van der Waals surface area contributed by atoms with Crippen molar-refractivity contribution >= 4 is 21.3 Å². The van der Waals surface area contributed by atoms with Gasteiger partial charge in [0.25, 0.3) is 0 Å². The predicted octanol–water partition coefficient (Wildman–Crippen LogP) is 1.04. The van der Waals surface area contributed by atoms with Gasteiger partial charge in [-0.05, 0) is 31.5 Å². The van der Waals surface area contributed by atoms with Crippen LogP contribution >= 0.6 is 0 Å². The highest BCUT2D eigenvalue weighted by molar-refractivity contribution is 7.91. The second kappa shape index (κ2) is 4.61. The van der Waals surface area contributed by atoms with Crippen LogP contribution in [0.4, 0.5) is 5.69 Å². The normalized spacial score (nSPS) is 21.7. The van der Waals surface area contributed by atoms with Gasteiger partial charge in [0.15, 0.2) is 15.6 Å². The van der Waals surface area contributed by atoms with E-state index in [1.54, 1.807) is 18.2 Å². The number of nitrogens with two attached hydrogens (primary N) is 1. The van der Waals surface area contributed by atoms with Crippen molar-refractivity contribution in [1.82, 2.24) is 0 Å². The van der Waals surface area contributed by atoms with Crippen molar-refractivity contribution in [1.29, 1.82) is 0 Å². The summed E-state index contributed by atoms with van der Waals surface area (Å²) in [5.41, 5.74) is 6.48. The lowest BCUT2D eigenvalue weighted by molar-refractivity contribution is 0.101. The summed E-state index contributed by atoms with van der Waals surface area (Å²) in [6.45, 7) is 1.42. The van der Waals surface area contributed by atoms with Crippen LogP contribution in [0.15, 0.2) is 18.2 Å². The lowest BCUT2D eigenvalue weighted by Crippen LogP contribution is -2.19. The van der Waals surface area contributed by atoms with E-state index in [2.05, 4.69) is 0 Å². The number of nitrogen functional groups attached to an aromatic ring is 1. The highest BCUT2D eigenvalue weighted by Crippen LogP contribution is 2.26. The minimum atomic E-state index is -2.99. The van der Waals surface area contributed by atoms with E-state index in [1.807, 2.05) is 0 Å². The molecule has 1 aliphatic heterocycles. The molecule has 98 valence electrons. The Hall–Kier alpha value is -1.56. The summed E-state index contributed by atoms with van der Waals surface area (Å²) in [6.07, 6.45) is 0.0843. The van der Waals surface area contributed by atoms with Crippen LogP contribution in [0.3, 0.4) is 0 Å². The molecule has 0 aromatic heterocycles. The van der Waals surface area contributed by atoms with Crippen molar-refractivity contribution in [2.45, 2.75) is 19.4 Å². The lowest BCUT2D eigenvalue weighted by Gasteiger charge is -2.14. The molecule has 0 spiro atoms. The number of Topliss-reactive ketones (excluding diaryl/α,β-unsaturated/α-hetero) is 1. The number of ether oxygens (including phenoxy) is 1. The average molecular weight is 269 g/mol. The molecule has 1 unspecified atom stereocenters. The number of rotatable bonds is 3. The zero-order valence-corrected chi connectivity index (χ0v) is 10.9. The molecule has 1 heterocycles. The molecule has 0 bridgehead atoms. The Balaban J connectivity index is 2.22. The van der Waals surface area contributed by atoms with E-state index in [1.165, 1.54) is 6.92 Å². The standard InChI is InChI=1S/C12H15NO4S/c1-8(14)11-6-9(13)2-3-12(11)17-10-4-5-18(15,16)7-10/h2-3,6,10H,4-5,7,13H2,1H3. The first-order valence-electron chi connectivity index (χ1n) is 5.65. The Bertz CT molecular complexity index is 580. The Morgan fingerprint density at radius 3 is 2.72 bits per heavy atom. The Morgan fingerprint density at radius 1 is 1.44 bits per heavy atom. The molecule has 2 N–H and O–H groups in total. The maximum absolute atomic E-state index is 11.5. The van der Waals surface area contributed by atoms with Crippen LogP contribution in [0.1, 0.15) is 23.7 Å². The van der Waals surface area contributed by atoms with Crippen molar-refractivity contribution < 1.29 is 17.9 Å². The summed E-state index contributed by atoms with van der Waals surface area (Å²) in [4.78, 5) is 11.5. The molecular formula is C12H15NO4S. The van der Waals surface area contributed by atoms with Crippen LogP contribution in [-0.4, -0.2) is 31.8 Å². The first-order valence-corrected chi connectivity index (χ1v) is 7.47. The van der Waals surface area contributed by atoms with Crippen molar-refractivity contribution in [3.63, 3.8) is 0 Å². The zero-order chi connectivity index (χ0) is 13.3. The zero-order valence-electron chi connectivity index (χ0n) is 10.0. The van der Waals surface area contributed by atoms with Crippen LogP contribution in [0.5, 0.6) is 5.75 Å². The van der Waals surface area contributed by atoms with E-state index in [0.717, 1.165) is 0 Å². The van der Waals surface area contributed by atoms with Gasteiger partial charge in [-0.1, -0.05) is 0 Å². The van der Waals surface area contributed by atoms with Crippen LogP contribution < -0.4 is 10.5 Å². The predicted molar refractivity (Wildman–Crippen MR) is 68.5 cm³/mol. The van der Waals surface area contributed by atoms with Crippen LogP contribution in [0, 0.1) is 0 Å². The number of ketones is 1.